The largest absolute Gasteiger partial charge is 0.494 e. The molecule has 0 atom stereocenters. The highest BCUT2D eigenvalue weighted by Crippen LogP contribution is 2.24. The maximum Gasteiger partial charge on any atom is 0.262 e. The Morgan fingerprint density at radius 1 is 1.14 bits per heavy atom. The fourth-order valence-corrected chi connectivity index (χ4v) is 3.49. The minimum Gasteiger partial charge on any atom is -0.494 e. The number of nitrogens with one attached hydrogen (secondary N) is 1. The second-order valence-electron chi connectivity index (χ2n) is 6.04. The molecule has 0 aliphatic carbocycles. The molecule has 2 heterocycles. The summed E-state index contributed by atoms with van der Waals surface area (Å²) in [6.45, 7) is 2.41. The number of hydrogen-bond acceptors (Lipinski definition) is 5. The summed E-state index contributed by atoms with van der Waals surface area (Å²) < 4.78 is 13.0. The van der Waals surface area contributed by atoms with Gasteiger partial charge in [-0.05, 0) is 31.2 Å². The number of thiazole rings is 1. The molecule has 0 bridgehead atoms. The second kappa shape index (κ2) is 8.14. The van der Waals surface area contributed by atoms with Gasteiger partial charge in [-0.15, -0.1) is 11.3 Å². The lowest BCUT2D eigenvalue weighted by Crippen LogP contribution is -2.20. The molecule has 4 rings (SSSR count). The third-order valence-corrected chi connectivity index (χ3v) is 4.79. The molecule has 142 valence electrons. The van der Waals surface area contributed by atoms with Crippen molar-refractivity contribution in [3.05, 3.63) is 66.3 Å². The van der Waals surface area contributed by atoms with Gasteiger partial charge < -0.3 is 14.8 Å². The van der Waals surface area contributed by atoms with Gasteiger partial charge in [0, 0.05) is 35.1 Å². The van der Waals surface area contributed by atoms with Gasteiger partial charge in [0.2, 0.25) is 0 Å². The highest BCUT2D eigenvalue weighted by Gasteiger charge is 2.08. The molecule has 1 N–H and O–H groups in total. The first-order chi connectivity index (χ1) is 13.7. The molecule has 1 amide bonds. The van der Waals surface area contributed by atoms with Crippen molar-refractivity contribution in [2.24, 2.45) is 0 Å². The van der Waals surface area contributed by atoms with E-state index >= 15 is 0 Å². The van der Waals surface area contributed by atoms with Crippen LogP contribution in [0, 0.1) is 0 Å². The molecule has 4 aromatic rings. The highest BCUT2D eigenvalue weighted by molar-refractivity contribution is 7.15. The van der Waals surface area contributed by atoms with Crippen LogP contribution in [0.1, 0.15) is 6.92 Å². The molecular weight excluding hydrogens is 374 g/mol. The lowest BCUT2D eigenvalue weighted by Gasteiger charge is -2.09. The van der Waals surface area contributed by atoms with Crippen molar-refractivity contribution >= 4 is 27.9 Å². The monoisotopic (exact) mass is 393 g/mol. The Morgan fingerprint density at radius 3 is 2.79 bits per heavy atom. The van der Waals surface area contributed by atoms with Crippen LogP contribution in [0.25, 0.3) is 16.2 Å². The summed E-state index contributed by atoms with van der Waals surface area (Å²) in [5, 5.41) is 4.86. The van der Waals surface area contributed by atoms with Crippen LogP contribution in [0.5, 0.6) is 11.5 Å². The first kappa shape index (κ1) is 18.1. The number of rotatable bonds is 7. The molecule has 0 unspecified atom stereocenters. The molecule has 0 spiro atoms. The Balaban J connectivity index is 1.39. The van der Waals surface area contributed by atoms with Crippen LogP contribution in [-0.4, -0.2) is 28.5 Å². The summed E-state index contributed by atoms with van der Waals surface area (Å²) in [6, 6.07) is 14.8. The van der Waals surface area contributed by atoms with Crippen molar-refractivity contribution in [2.45, 2.75) is 6.92 Å². The number of benzene rings is 2. The lowest BCUT2D eigenvalue weighted by atomic mass is 10.1. The standard InChI is InChI=1S/C21H19N3O3S/c1-2-26-17-7-4-8-18(12-17)27-14-20(25)22-16-6-3-5-15(11-16)19-13-24-9-10-28-21(24)23-19/h3-13H,2,14H2,1H3,(H,22,25). The first-order valence-electron chi connectivity index (χ1n) is 8.89. The summed E-state index contributed by atoms with van der Waals surface area (Å²) in [4.78, 5) is 17.8. The van der Waals surface area contributed by atoms with Crippen molar-refractivity contribution in [1.29, 1.82) is 0 Å². The van der Waals surface area contributed by atoms with E-state index in [1.807, 2.05) is 65.5 Å². The van der Waals surface area contributed by atoms with Crippen LogP contribution in [0.4, 0.5) is 5.69 Å². The average molecular weight is 393 g/mol. The smallest absolute Gasteiger partial charge is 0.262 e. The summed E-state index contributed by atoms with van der Waals surface area (Å²) in [5.41, 5.74) is 2.51. The average Bonchev–Trinajstić information content (AvgIpc) is 3.29. The molecule has 2 aromatic carbocycles. The van der Waals surface area contributed by atoms with Gasteiger partial charge in [-0.3, -0.25) is 9.20 Å². The molecular formula is C21H19N3O3S. The topological polar surface area (TPSA) is 64.9 Å². The van der Waals surface area contributed by atoms with Gasteiger partial charge in [0.05, 0.1) is 12.3 Å². The molecule has 6 nitrogen and oxygen atoms in total. The van der Waals surface area contributed by atoms with Gasteiger partial charge in [-0.1, -0.05) is 18.2 Å². The number of amides is 1. The minimum absolute atomic E-state index is 0.0833. The number of nitrogens with zero attached hydrogens (tertiary/aromatic N) is 2. The van der Waals surface area contributed by atoms with Gasteiger partial charge in [-0.2, -0.15) is 0 Å². The fourth-order valence-electron chi connectivity index (χ4n) is 2.79. The van der Waals surface area contributed by atoms with Crippen molar-refractivity contribution < 1.29 is 14.3 Å². The molecule has 0 aliphatic heterocycles. The number of imidazole rings is 1. The first-order valence-corrected chi connectivity index (χ1v) is 9.77. The van der Waals surface area contributed by atoms with E-state index in [9.17, 15) is 4.79 Å². The molecule has 0 radical (unpaired) electrons. The van der Waals surface area contributed by atoms with Gasteiger partial charge in [0.25, 0.3) is 5.91 Å². The number of ether oxygens (including phenoxy) is 2. The second-order valence-corrected chi connectivity index (χ2v) is 6.92. The van der Waals surface area contributed by atoms with Crippen LogP contribution < -0.4 is 14.8 Å². The summed E-state index contributed by atoms with van der Waals surface area (Å²) >= 11 is 1.58. The Morgan fingerprint density at radius 2 is 1.96 bits per heavy atom. The number of carbonyl (C=O) groups excluding carboxylic acids is 1. The van der Waals surface area contributed by atoms with E-state index in [1.165, 1.54) is 0 Å². The zero-order chi connectivity index (χ0) is 19.3. The van der Waals surface area contributed by atoms with Gasteiger partial charge in [0.15, 0.2) is 11.6 Å². The van der Waals surface area contributed by atoms with E-state index in [0.29, 0.717) is 23.8 Å². The van der Waals surface area contributed by atoms with Crippen LogP contribution in [-0.2, 0) is 4.79 Å². The van der Waals surface area contributed by atoms with E-state index in [-0.39, 0.29) is 12.5 Å². The van der Waals surface area contributed by atoms with Crippen LogP contribution in [0.15, 0.2) is 66.3 Å². The Hall–Kier alpha value is -3.32. The van der Waals surface area contributed by atoms with E-state index in [4.69, 9.17) is 9.47 Å². The minimum atomic E-state index is -0.232. The normalized spacial score (nSPS) is 10.8. The number of anilines is 1. The van der Waals surface area contributed by atoms with E-state index in [1.54, 1.807) is 23.5 Å². The Kier molecular flexibility index (Phi) is 5.25. The molecule has 2 aromatic heterocycles. The quantitative estimate of drug-likeness (QED) is 0.503. The predicted molar refractivity (Wildman–Crippen MR) is 110 cm³/mol. The predicted octanol–water partition coefficient (Wildman–Crippen LogP) is 4.48. The Bertz CT molecular complexity index is 1070. The number of aromatic nitrogens is 2. The SMILES string of the molecule is CCOc1cccc(OCC(=O)Nc2cccc(-c3cn4ccsc4n3)c2)c1. The third-order valence-electron chi connectivity index (χ3n) is 4.02. The lowest BCUT2D eigenvalue weighted by molar-refractivity contribution is -0.118. The maximum atomic E-state index is 12.3. The molecule has 0 saturated heterocycles. The van der Waals surface area contributed by atoms with Crippen molar-refractivity contribution in [3.63, 3.8) is 0 Å². The van der Waals surface area contributed by atoms with E-state index < -0.39 is 0 Å². The van der Waals surface area contributed by atoms with Crippen molar-refractivity contribution in [1.82, 2.24) is 9.38 Å². The third kappa shape index (κ3) is 4.15. The van der Waals surface area contributed by atoms with E-state index in [2.05, 4.69) is 10.3 Å². The highest BCUT2D eigenvalue weighted by atomic mass is 32.1. The number of fused-ring (bicyclic) bond motifs is 1. The van der Waals surface area contributed by atoms with Gasteiger partial charge in [-0.25, -0.2) is 4.98 Å². The zero-order valence-electron chi connectivity index (χ0n) is 15.3. The molecule has 7 heteroatoms. The van der Waals surface area contributed by atoms with Crippen molar-refractivity contribution in [2.75, 3.05) is 18.5 Å². The Labute approximate surface area is 166 Å². The van der Waals surface area contributed by atoms with Crippen molar-refractivity contribution in [3.8, 4) is 22.8 Å². The van der Waals surface area contributed by atoms with Crippen LogP contribution in [0.2, 0.25) is 0 Å². The van der Waals surface area contributed by atoms with Crippen LogP contribution in [0.3, 0.4) is 0 Å². The van der Waals surface area contributed by atoms with Gasteiger partial charge >= 0.3 is 0 Å². The molecule has 0 saturated carbocycles. The maximum absolute atomic E-state index is 12.3. The summed E-state index contributed by atoms with van der Waals surface area (Å²) in [7, 11) is 0. The number of hydrogen-bond donors (Lipinski definition) is 1. The molecule has 0 fully saturated rings. The summed E-state index contributed by atoms with van der Waals surface area (Å²) in [5.74, 6) is 1.07. The molecule has 28 heavy (non-hydrogen) atoms. The number of carbonyl (C=O) groups is 1. The van der Waals surface area contributed by atoms with E-state index in [0.717, 1.165) is 16.2 Å². The summed E-state index contributed by atoms with van der Waals surface area (Å²) in [6.07, 6.45) is 3.95. The van der Waals surface area contributed by atoms with Crippen LogP contribution >= 0.6 is 11.3 Å². The molecule has 0 aliphatic rings. The van der Waals surface area contributed by atoms with Gasteiger partial charge in [0.1, 0.15) is 11.5 Å². The zero-order valence-corrected chi connectivity index (χ0v) is 16.1. The fraction of sp³-hybridized carbons (Fsp3) is 0.143.